The van der Waals surface area contributed by atoms with Crippen molar-refractivity contribution in [1.29, 1.82) is 0 Å². The van der Waals surface area contributed by atoms with Crippen LogP contribution in [0.2, 0.25) is 0 Å². The molecule has 0 amide bonds. The number of pyridine rings is 1. The molecule has 9 aromatic carbocycles. The third kappa shape index (κ3) is 6.51. The number of para-hydroxylation sites is 2. The SMILES string of the molecule is c1ccc(-c2cccc(-c3nc(-c4ccccc4)nc(-c4ccc(-c5ccc6c7cc8c(cc7n(-c7ccccc7)c6c5)c(-c5ccccc5)nc5ccccc58)cc4)n3)c2)cc1. The van der Waals surface area contributed by atoms with E-state index in [4.69, 9.17) is 19.9 Å². The van der Waals surface area contributed by atoms with Gasteiger partial charge in [-0.05, 0) is 70.1 Å². The lowest BCUT2D eigenvalue weighted by Gasteiger charge is -2.12. The summed E-state index contributed by atoms with van der Waals surface area (Å²) in [5.41, 5.74) is 13.7. The predicted octanol–water partition coefficient (Wildman–Crippen LogP) is 14.7. The van der Waals surface area contributed by atoms with Gasteiger partial charge in [0.05, 0.1) is 22.2 Å². The number of hydrogen-bond donors (Lipinski definition) is 0. The van der Waals surface area contributed by atoms with Crippen LogP contribution in [0, 0.1) is 0 Å². The predicted molar refractivity (Wildman–Crippen MR) is 260 cm³/mol. The molecule has 12 aromatic rings. The van der Waals surface area contributed by atoms with Crippen LogP contribution in [0.3, 0.4) is 0 Å². The van der Waals surface area contributed by atoms with Crippen molar-refractivity contribution in [3.63, 3.8) is 0 Å². The summed E-state index contributed by atoms with van der Waals surface area (Å²) in [5, 5.41) is 5.87. The van der Waals surface area contributed by atoms with Gasteiger partial charge in [-0.1, -0.05) is 182 Å². The summed E-state index contributed by atoms with van der Waals surface area (Å²) >= 11 is 0. The van der Waals surface area contributed by atoms with Crippen molar-refractivity contribution in [2.24, 2.45) is 0 Å². The third-order valence-electron chi connectivity index (χ3n) is 12.0. The van der Waals surface area contributed by atoms with Gasteiger partial charge in [0, 0.05) is 49.5 Å². The van der Waals surface area contributed by atoms with Gasteiger partial charge in [0.2, 0.25) is 0 Å². The molecule has 0 N–H and O–H groups in total. The first kappa shape index (κ1) is 36.3. The fraction of sp³-hybridized carbons (Fsp3) is 0. The quantitative estimate of drug-likeness (QED) is 0.151. The minimum Gasteiger partial charge on any atom is -0.309 e. The van der Waals surface area contributed by atoms with E-state index in [0.29, 0.717) is 17.5 Å². The molecule has 12 rings (SSSR count). The maximum Gasteiger partial charge on any atom is 0.164 e. The van der Waals surface area contributed by atoms with Gasteiger partial charge in [-0.15, -0.1) is 0 Å². The first-order chi connectivity index (χ1) is 31.2. The summed E-state index contributed by atoms with van der Waals surface area (Å²) in [6.07, 6.45) is 0. The molecule has 0 aliphatic carbocycles. The van der Waals surface area contributed by atoms with Crippen molar-refractivity contribution in [3.05, 3.63) is 224 Å². The normalized spacial score (nSPS) is 11.5. The van der Waals surface area contributed by atoms with Crippen LogP contribution in [-0.2, 0) is 0 Å². The monoisotopic (exact) mass is 803 g/mol. The van der Waals surface area contributed by atoms with Gasteiger partial charge in [0.15, 0.2) is 17.5 Å². The van der Waals surface area contributed by atoms with E-state index in [0.717, 1.165) is 83.2 Å². The topological polar surface area (TPSA) is 56.5 Å². The van der Waals surface area contributed by atoms with Crippen molar-refractivity contribution in [2.45, 2.75) is 0 Å². The van der Waals surface area contributed by atoms with Gasteiger partial charge >= 0.3 is 0 Å². The van der Waals surface area contributed by atoms with Crippen LogP contribution in [0.5, 0.6) is 0 Å². The second-order valence-corrected chi connectivity index (χ2v) is 15.9. The van der Waals surface area contributed by atoms with Crippen LogP contribution < -0.4 is 0 Å². The van der Waals surface area contributed by atoms with Gasteiger partial charge in [-0.3, -0.25) is 0 Å². The number of hydrogen-bond acceptors (Lipinski definition) is 4. The number of benzene rings is 9. The lowest BCUT2D eigenvalue weighted by molar-refractivity contribution is 1.07. The summed E-state index contributed by atoms with van der Waals surface area (Å²) < 4.78 is 2.40. The minimum atomic E-state index is 0.624. The van der Waals surface area contributed by atoms with Gasteiger partial charge < -0.3 is 4.57 Å². The molecule has 0 aliphatic heterocycles. The molecule has 0 saturated carbocycles. The Balaban J connectivity index is 0.993. The highest BCUT2D eigenvalue weighted by Gasteiger charge is 2.19. The van der Waals surface area contributed by atoms with Gasteiger partial charge in [0.25, 0.3) is 0 Å². The van der Waals surface area contributed by atoms with E-state index in [1.807, 2.05) is 36.4 Å². The Kier molecular flexibility index (Phi) is 8.75. The molecular weight excluding hydrogens is 767 g/mol. The molecule has 0 fully saturated rings. The van der Waals surface area contributed by atoms with E-state index in [1.165, 1.54) is 16.2 Å². The zero-order valence-corrected chi connectivity index (χ0v) is 34.1. The van der Waals surface area contributed by atoms with Crippen LogP contribution in [0.4, 0.5) is 0 Å². The molecule has 294 valence electrons. The summed E-state index contributed by atoms with van der Waals surface area (Å²) in [6, 6.07) is 78.7. The van der Waals surface area contributed by atoms with Crippen molar-refractivity contribution >= 4 is 43.5 Å². The highest BCUT2D eigenvalue weighted by atomic mass is 15.0. The Morgan fingerprint density at radius 2 is 0.746 bits per heavy atom. The van der Waals surface area contributed by atoms with Crippen molar-refractivity contribution in [2.75, 3.05) is 0 Å². The second-order valence-electron chi connectivity index (χ2n) is 15.9. The molecule has 0 radical (unpaired) electrons. The molecule has 0 atom stereocenters. The fourth-order valence-electron chi connectivity index (χ4n) is 8.94. The minimum absolute atomic E-state index is 0.624. The Morgan fingerprint density at radius 3 is 1.46 bits per heavy atom. The van der Waals surface area contributed by atoms with Crippen LogP contribution in [0.15, 0.2) is 224 Å². The van der Waals surface area contributed by atoms with E-state index in [-0.39, 0.29) is 0 Å². The zero-order valence-electron chi connectivity index (χ0n) is 34.1. The Labute approximate surface area is 364 Å². The summed E-state index contributed by atoms with van der Waals surface area (Å²) in [6.45, 7) is 0. The van der Waals surface area contributed by atoms with Crippen LogP contribution in [-0.4, -0.2) is 24.5 Å². The third-order valence-corrected chi connectivity index (χ3v) is 12.0. The lowest BCUT2D eigenvalue weighted by atomic mass is 9.97. The van der Waals surface area contributed by atoms with E-state index in [2.05, 4.69) is 193 Å². The van der Waals surface area contributed by atoms with E-state index in [1.54, 1.807) is 0 Å². The largest absolute Gasteiger partial charge is 0.309 e. The number of fused-ring (bicyclic) bond motifs is 6. The van der Waals surface area contributed by atoms with Gasteiger partial charge in [0.1, 0.15) is 0 Å². The molecular formula is C58H37N5. The van der Waals surface area contributed by atoms with Crippen LogP contribution in [0.25, 0.3) is 117 Å². The number of nitrogens with zero attached hydrogens (tertiary/aromatic N) is 5. The standard InChI is InChI=1S/C58H37N5/c1-5-16-38(17-6-1)43-22-15-23-45(34-43)58-61-56(41-20-9-3-10-21-41)60-57(62-58)42-30-28-39(29-31-42)44-32-33-48-50-36-49-47-26-13-14-27-52(47)59-55(40-18-7-2-8-19-40)51(49)37-54(50)63(53(48)35-44)46-24-11-4-12-25-46/h1-37H. The second kappa shape index (κ2) is 15.2. The van der Waals surface area contributed by atoms with Gasteiger partial charge in [-0.2, -0.15) is 0 Å². The maximum atomic E-state index is 5.25. The molecule has 5 nitrogen and oxygen atoms in total. The van der Waals surface area contributed by atoms with Crippen molar-refractivity contribution in [1.82, 2.24) is 24.5 Å². The Morgan fingerprint density at radius 1 is 0.254 bits per heavy atom. The smallest absolute Gasteiger partial charge is 0.164 e. The molecule has 0 spiro atoms. The first-order valence-corrected chi connectivity index (χ1v) is 21.2. The molecule has 0 bridgehead atoms. The van der Waals surface area contributed by atoms with E-state index < -0.39 is 0 Å². The molecule has 5 heteroatoms. The number of rotatable bonds is 7. The van der Waals surface area contributed by atoms with Crippen molar-refractivity contribution in [3.8, 4) is 73.4 Å². The lowest BCUT2D eigenvalue weighted by Crippen LogP contribution is -2.00. The maximum absolute atomic E-state index is 5.25. The summed E-state index contributed by atoms with van der Waals surface area (Å²) in [7, 11) is 0. The van der Waals surface area contributed by atoms with Crippen LogP contribution >= 0.6 is 0 Å². The molecule has 3 aromatic heterocycles. The van der Waals surface area contributed by atoms with Crippen molar-refractivity contribution < 1.29 is 0 Å². The highest BCUT2D eigenvalue weighted by molar-refractivity contribution is 6.20. The summed E-state index contributed by atoms with van der Waals surface area (Å²) in [4.78, 5) is 20.4. The zero-order chi connectivity index (χ0) is 41.7. The summed E-state index contributed by atoms with van der Waals surface area (Å²) in [5.74, 6) is 1.89. The molecule has 0 unspecified atom stereocenters. The molecule has 0 aliphatic rings. The average molecular weight is 804 g/mol. The van der Waals surface area contributed by atoms with E-state index in [9.17, 15) is 0 Å². The molecule has 3 heterocycles. The molecule has 63 heavy (non-hydrogen) atoms. The Bertz CT molecular complexity index is 3640. The fourth-order valence-corrected chi connectivity index (χ4v) is 8.94. The van der Waals surface area contributed by atoms with Gasteiger partial charge in [-0.25, -0.2) is 19.9 Å². The Hall–Kier alpha value is -8.54. The molecule has 0 saturated heterocycles. The highest BCUT2D eigenvalue weighted by Crippen LogP contribution is 2.41. The number of aromatic nitrogens is 5. The van der Waals surface area contributed by atoms with E-state index >= 15 is 0 Å². The van der Waals surface area contributed by atoms with Crippen LogP contribution in [0.1, 0.15) is 0 Å². The average Bonchev–Trinajstić information content (AvgIpc) is 3.69. The first-order valence-electron chi connectivity index (χ1n) is 21.2.